The second-order valence-corrected chi connectivity index (χ2v) is 9.08. The molecule has 1 aromatic heterocycles. The molecule has 12 heteroatoms. The number of hydrazone groups is 1. The molecule has 1 saturated heterocycles. The molecular formula is C25H24F3N5O4. The van der Waals surface area contributed by atoms with Gasteiger partial charge in [-0.3, -0.25) is 4.79 Å². The number of ether oxygens (including phenoxy) is 2. The van der Waals surface area contributed by atoms with Crippen LogP contribution in [0, 0.1) is 12.8 Å². The van der Waals surface area contributed by atoms with E-state index >= 15 is 0 Å². The van der Waals surface area contributed by atoms with Crippen molar-refractivity contribution in [1.82, 2.24) is 10.1 Å². The van der Waals surface area contributed by atoms with Gasteiger partial charge in [0.2, 0.25) is 18.1 Å². The van der Waals surface area contributed by atoms with E-state index in [0.717, 1.165) is 6.92 Å². The van der Waals surface area contributed by atoms with Gasteiger partial charge < -0.3 is 19.3 Å². The van der Waals surface area contributed by atoms with Crippen LogP contribution in [0.25, 0.3) is 11.4 Å². The summed E-state index contributed by atoms with van der Waals surface area (Å²) in [7, 11) is 0. The number of benzene rings is 2. The second-order valence-electron chi connectivity index (χ2n) is 9.08. The van der Waals surface area contributed by atoms with Gasteiger partial charge in [-0.2, -0.15) is 10.1 Å². The standard InChI is InChI=1S/C25H24F3N5O4/c1-13-21(25(12-35-25)30-17-7-5-6-16(10-17)24(4,27)28)23(34)33(31-13)18-8-9-20(36-14(2)26)19(11-18)22-29-15(3)37-32-22/h5-11,14,21,30H,12H2,1-4H3. The monoisotopic (exact) mass is 515 g/mol. The highest BCUT2D eigenvalue weighted by atomic mass is 19.3. The van der Waals surface area contributed by atoms with Crippen molar-refractivity contribution >= 4 is 23.0 Å². The Labute approximate surface area is 210 Å². The Hall–Kier alpha value is -3.93. The van der Waals surface area contributed by atoms with Crippen LogP contribution in [0.15, 0.2) is 52.1 Å². The summed E-state index contributed by atoms with van der Waals surface area (Å²) < 4.78 is 57.2. The van der Waals surface area contributed by atoms with Crippen LogP contribution in [0.2, 0.25) is 0 Å². The smallest absolute Gasteiger partial charge is 0.270 e. The molecule has 1 fully saturated rings. The lowest BCUT2D eigenvalue weighted by Crippen LogP contribution is -2.43. The highest BCUT2D eigenvalue weighted by Crippen LogP contribution is 2.43. The van der Waals surface area contributed by atoms with Gasteiger partial charge in [0.1, 0.15) is 11.7 Å². The summed E-state index contributed by atoms with van der Waals surface area (Å²) in [6, 6.07) is 10.4. The fourth-order valence-electron chi connectivity index (χ4n) is 4.30. The maximum atomic E-state index is 13.8. The molecule has 1 N–H and O–H groups in total. The second kappa shape index (κ2) is 8.87. The van der Waals surface area contributed by atoms with E-state index in [2.05, 4.69) is 20.6 Å². The van der Waals surface area contributed by atoms with Crippen molar-refractivity contribution in [3.63, 3.8) is 0 Å². The third-order valence-electron chi connectivity index (χ3n) is 6.04. The first kappa shape index (κ1) is 24.8. The number of rotatable bonds is 8. The van der Waals surface area contributed by atoms with Crippen molar-refractivity contribution in [2.24, 2.45) is 11.0 Å². The summed E-state index contributed by atoms with van der Waals surface area (Å²) >= 11 is 0. The molecule has 3 atom stereocenters. The molecule has 0 aliphatic carbocycles. The van der Waals surface area contributed by atoms with Crippen LogP contribution >= 0.6 is 0 Å². The third-order valence-corrected chi connectivity index (χ3v) is 6.04. The van der Waals surface area contributed by atoms with Crippen LogP contribution in [0.3, 0.4) is 0 Å². The minimum Gasteiger partial charge on any atom is -0.460 e. The maximum absolute atomic E-state index is 13.8. The van der Waals surface area contributed by atoms with Crippen molar-refractivity contribution in [2.45, 2.75) is 45.7 Å². The van der Waals surface area contributed by atoms with Crippen LogP contribution in [0.5, 0.6) is 5.75 Å². The minimum atomic E-state index is -3.02. The largest absolute Gasteiger partial charge is 0.460 e. The van der Waals surface area contributed by atoms with Gasteiger partial charge >= 0.3 is 0 Å². The van der Waals surface area contributed by atoms with Crippen molar-refractivity contribution in [3.05, 3.63) is 53.9 Å². The molecule has 0 radical (unpaired) electrons. The van der Waals surface area contributed by atoms with Gasteiger partial charge in [0.25, 0.3) is 11.8 Å². The van der Waals surface area contributed by atoms with Gasteiger partial charge in [-0.05, 0) is 37.3 Å². The van der Waals surface area contributed by atoms with Crippen molar-refractivity contribution in [1.29, 1.82) is 0 Å². The summed E-state index contributed by atoms with van der Waals surface area (Å²) in [5.41, 5.74) is 0.268. The van der Waals surface area contributed by atoms with E-state index in [1.165, 1.54) is 36.2 Å². The highest BCUT2D eigenvalue weighted by Gasteiger charge is 2.59. The van der Waals surface area contributed by atoms with Gasteiger partial charge in [-0.25, -0.2) is 18.2 Å². The van der Waals surface area contributed by atoms with Crippen molar-refractivity contribution in [2.75, 3.05) is 16.9 Å². The maximum Gasteiger partial charge on any atom is 0.270 e. The Morgan fingerprint density at radius 3 is 2.62 bits per heavy atom. The van der Waals surface area contributed by atoms with E-state index in [0.29, 0.717) is 28.5 Å². The number of nitrogens with zero attached hydrogens (tertiary/aromatic N) is 4. The molecule has 2 aromatic carbocycles. The molecule has 1 amide bonds. The number of aromatic nitrogens is 2. The predicted octanol–water partition coefficient (Wildman–Crippen LogP) is 5.03. The number of amides is 1. The molecule has 3 unspecified atom stereocenters. The number of epoxide rings is 1. The van der Waals surface area contributed by atoms with E-state index in [1.807, 2.05) is 0 Å². The fourth-order valence-corrected chi connectivity index (χ4v) is 4.30. The number of carbonyl (C=O) groups is 1. The van der Waals surface area contributed by atoms with Crippen LogP contribution in [0.4, 0.5) is 24.5 Å². The predicted molar refractivity (Wildman–Crippen MR) is 128 cm³/mol. The molecule has 0 spiro atoms. The molecule has 0 bridgehead atoms. The number of anilines is 2. The van der Waals surface area contributed by atoms with Crippen molar-refractivity contribution < 1.29 is 32.0 Å². The highest BCUT2D eigenvalue weighted by molar-refractivity contribution is 6.16. The normalized spacial score (nSPS) is 22.1. The van der Waals surface area contributed by atoms with Gasteiger partial charge in [0, 0.05) is 32.0 Å². The molecule has 3 aromatic rings. The number of nitrogens with one attached hydrogen (secondary N) is 1. The first-order valence-electron chi connectivity index (χ1n) is 11.5. The summed E-state index contributed by atoms with van der Waals surface area (Å²) in [4.78, 5) is 17.7. The Balaban J connectivity index is 1.43. The van der Waals surface area contributed by atoms with Gasteiger partial charge in [0.05, 0.1) is 23.6 Å². The van der Waals surface area contributed by atoms with E-state index < -0.39 is 23.9 Å². The Bertz CT molecular complexity index is 1380. The van der Waals surface area contributed by atoms with Gasteiger partial charge in [-0.15, -0.1) is 0 Å². The van der Waals surface area contributed by atoms with Crippen molar-refractivity contribution in [3.8, 4) is 17.1 Å². The Morgan fingerprint density at radius 2 is 2.00 bits per heavy atom. The lowest BCUT2D eigenvalue weighted by Gasteiger charge is -2.23. The summed E-state index contributed by atoms with van der Waals surface area (Å²) in [5, 5.41) is 12.6. The minimum absolute atomic E-state index is 0.160. The molecule has 3 heterocycles. The molecular weight excluding hydrogens is 491 g/mol. The van der Waals surface area contributed by atoms with E-state index in [9.17, 15) is 18.0 Å². The topological polar surface area (TPSA) is 105 Å². The number of halogens is 3. The number of aryl methyl sites for hydroxylation is 1. The fraction of sp³-hybridized carbons (Fsp3) is 0.360. The molecule has 5 rings (SSSR count). The van der Waals surface area contributed by atoms with Crippen LogP contribution in [-0.4, -0.2) is 40.4 Å². The van der Waals surface area contributed by atoms with Gasteiger partial charge in [-0.1, -0.05) is 17.3 Å². The van der Waals surface area contributed by atoms with Crippen LogP contribution in [0.1, 0.15) is 32.2 Å². The molecule has 194 valence electrons. The SMILES string of the molecule is CC1=NN(c2ccc(OC(C)F)c(-c3noc(C)n3)c2)C(=O)C1C1(Nc2cccc(C(C)(F)F)c2)CO1. The van der Waals surface area contributed by atoms with E-state index in [-0.39, 0.29) is 29.7 Å². The third kappa shape index (κ3) is 4.76. The lowest BCUT2D eigenvalue weighted by atomic mass is 9.94. The lowest BCUT2D eigenvalue weighted by molar-refractivity contribution is -0.121. The number of hydrogen-bond donors (Lipinski definition) is 1. The van der Waals surface area contributed by atoms with Crippen LogP contribution < -0.4 is 15.1 Å². The zero-order chi connectivity index (χ0) is 26.5. The van der Waals surface area contributed by atoms with Crippen LogP contribution in [-0.2, 0) is 15.5 Å². The number of hydrogen-bond acceptors (Lipinski definition) is 8. The average Bonchev–Trinajstić information content (AvgIpc) is 3.33. The quantitative estimate of drug-likeness (QED) is 0.420. The Kier molecular flexibility index (Phi) is 5.94. The molecule has 37 heavy (non-hydrogen) atoms. The molecule has 2 aliphatic heterocycles. The first-order chi connectivity index (χ1) is 17.5. The molecule has 9 nitrogen and oxygen atoms in total. The summed E-state index contributed by atoms with van der Waals surface area (Å²) in [6.45, 7) is 5.54. The van der Waals surface area contributed by atoms with E-state index in [1.54, 1.807) is 32.0 Å². The van der Waals surface area contributed by atoms with E-state index in [4.69, 9.17) is 14.0 Å². The van der Waals surface area contributed by atoms with Gasteiger partial charge in [0.15, 0.2) is 5.72 Å². The Morgan fingerprint density at radius 1 is 1.24 bits per heavy atom. The molecule has 2 aliphatic rings. The zero-order valence-corrected chi connectivity index (χ0v) is 20.5. The molecule has 0 saturated carbocycles. The number of carbonyl (C=O) groups excluding carboxylic acids is 1. The summed E-state index contributed by atoms with van der Waals surface area (Å²) in [6.07, 6.45) is -1.60. The zero-order valence-electron chi connectivity index (χ0n) is 20.5. The first-order valence-corrected chi connectivity index (χ1v) is 11.5. The summed E-state index contributed by atoms with van der Waals surface area (Å²) in [5.74, 6) is -3.58. The average molecular weight is 515 g/mol. The number of alkyl halides is 3.